The summed E-state index contributed by atoms with van der Waals surface area (Å²) in [5, 5.41) is 7.49. The van der Waals surface area contributed by atoms with Gasteiger partial charge in [-0.2, -0.15) is 0 Å². The van der Waals surface area contributed by atoms with Crippen LogP contribution in [-0.4, -0.2) is 27.2 Å². The van der Waals surface area contributed by atoms with E-state index in [1.54, 1.807) is 0 Å². The Morgan fingerprint density at radius 1 is 0.800 bits per heavy atom. The summed E-state index contributed by atoms with van der Waals surface area (Å²) < 4.78 is 0. The molecule has 0 spiro atoms. The Hall–Kier alpha value is -1.87. The molecule has 0 aromatic heterocycles. The third-order valence-corrected chi connectivity index (χ3v) is 3.26. The Bertz CT molecular complexity index is 520. The summed E-state index contributed by atoms with van der Waals surface area (Å²) in [5.74, 6) is 0. The molecule has 0 saturated heterocycles. The van der Waals surface area contributed by atoms with Gasteiger partial charge in [0.1, 0.15) is 0 Å². The Balaban J connectivity index is 1.74. The Labute approximate surface area is 125 Å². The fraction of sp³-hybridized carbons (Fsp3) is 0.250. The van der Waals surface area contributed by atoms with Crippen molar-refractivity contribution in [1.29, 1.82) is 0 Å². The Morgan fingerprint density at radius 2 is 1.25 bits per heavy atom. The Morgan fingerprint density at radius 3 is 1.70 bits per heavy atom. The lowest BCUT2D eigenvalue weighted by Crippen LogP contribution is -2.13. The fourth-order valence-corrected chi connectivity index (χ4v) is 1.98. The van der Waals surface area contributed by atoms with Gasteiger partial charge in [0.2, 0.25) is 0 Å². The first kappa shape index (κ1) is 14.5. The molecule has 0 bridgehead atoms. The van der Waals surface area contributed by atoms with Gasteiger partial charge < -0.3 is 15.5 Å². The second kappa shape index (κ2) is 7.06. The van der Waals surface area contributed by atoms with Crippen molar-refractivity contribution in [2.45, 2.75) is 0 Å². The van der Waals surface area contributed by atoms with Gasteiger partial charge in [0.05, 0.1) is 0 Å². The molecule has 0 aliphatic rings. The van der Waals surface area contributed by atoms with Crippen LogP contribution in [-0.2, 0) is 0 Å². The Kier molecular flexibility index (Phi) is 5.13. The minimum atomic E-state index is 0.759. The number of rotatable bonds is 6. The number of halogens is 1. The number of hydrogen-bond donors (Lipinski definition) is 2. The summed E-state index contributed by atoms with van der Waals surface area (Å²) in [6.45, 7) is 1.72. The quantitative estimate of drug-likeness (QED) is 0.789. The first-order chi connectivity index (χ1) is 9.65. The molecule has 2 rings (SSSR count). The zero-order valence-electron chi connectivity index (χ0n) is 11.9. The van der Waals surface area contributed by atoms with Gasteiger partial charge >= 0.3 is 0 Å². The maximum atomic E-state index is 5.84. The molecular weight excluding hydrogens is 270 g/mol. The van der Waals surface area contributed by atoms with Crippen LogP contribution < -0.4 is 15.5 Å². The second-order valence-electron chi connectivity index (χ2n) is 4.80. The van der Waals surface area contributed by atoms with Crippen LogP contribution in [0.1, 0.15) is 0 Å². The molecule has 2 N–H and O–H groups in total. The molecule has 20 heavy (non-hydrogen) atoms. The molecule has 0 aliphatic heterocycles. The summed E-state index contributed by atoms with van der Waals surface area (Å²) in [7, 11) is 4.08. The van der Waals surface area contributed by atoms with E-state index in [0.717, 1.165) is 29.5 Å². The van der Waals surface area contributed by atoms with E-state index in [0.29, 0.717) is 0 Å². The van der Waals surface area contributed by atoms with E-state index >= 15 is 0 Å². The molecular formula is C16H20ClN3. The average molecular weight is 290 g/mol. The summed E-state index contributed by atoms with van der Waals surface area (Å²) >= 11 is 5.84. The summed E-state index contributed by atoms with van der Waals surface area (Å²) in [4.78, 5) is 2.09. The molecule has 0 amide bonds. The highest BCUT2D eigenvalue weighted by Crippen LogP contribution is 2.15. The van der Waals surface area contributed by atoms with Crippen LogP contribution >= 0.6 is 11.6 Å². The second-order valence-corrected chi connectivity index (χ2v) is 5.24. The molecule has 106 valence electrons. The van der Waals surface area contributed by atoms with E-state index in [4.69, 9.17) is 11.6 Å². The van der Waals surface area contributed by atoms with E-state index in [1.807, 2.05) is 38.4 Å². The van der Waals surface area contributed by atoms with Gasteiger partial charge in [-0.1, -0.05) is 11.6 Å². The van der Waals surface area contributed by atoms with Crippen molar-refractivity contribution >= 4 is 28.7 Å². The van der Waals surface area contributed by atoms with Crippen LogP contribution in [0.3, 0.4) is 0 Å². The summed E-state index contributed by atoms with van der Waals surface area (Å²) in [5.41, 5.74) is 3.42. The lowest BCUT2D eigenvalue weighted by molar-refractivity contribution is 1.08. The molecule has 0 radical (unpaired) electrons. The van der Waals surface area contributed by atoms with Crippen LogP contribution in [0.5, 0.6) is 0 Å². The standard InChI is InChI=1S/C16H20ClN3/c1-20(2)16-9-7-15(8-10-16)19-12-11-18-14-5-3-13(17)4-6-14/h3-10,18-19H,11-12H2,1-2H3. The van der Waals surface area contributed by atoms with Gasteiger partial charge in [-0.15, -0.1) is 0 Å². The van der Waals surface area contributed by atoms with Crippen LogP contribution in [0.25, 0.3) is 0 Å². The number of nitrogens with one attached hydrogen (secondary N) is 2. The van der Waals surface area contributed by atoms with E-state index in [1.165, 1.54) is 5.69 Å². The summed E-state index contributed by atoms with van der Waals surface area (Å²) in [6, 6.07) is 16.1. The van der Waals surface area contributed by atoms with E-state index in [9.17, 15) is 0 Å². The van der Waals surface area contributed by atoms with Crippen molar-refractivity contribution in [1.82, 2.24) is 0 Å². The topological polar surface area (TPSA) is 27.3 Å². The predicted octanol–water partition coefficient (Wildman–Crippen LogP) is 3.93. The number of nitrogens with zero attached hydrogens (tertiary/aromatic N) is 1. The largest absolute Gasteiger partial charge is 0.383 e. The predicted molar refractivity (Wildman–Crippen MR) is 89.2 cm³/mol. The van der Waals surface area contributed by atoms with Gasteiger partial charge in [0.25, 0.3) is 0 Å². The monoisotopic (exact) mass is 289 g/mol. The zero-order valence-corrected chi connectivity index (χ0v) is 12.6. The van der Waals surface area contributed by atoms with Crippen molar-refractivity contribution in [3.63, 3.8) is 0 Å². The van der Waals surface area contributed by atoms with Gasteiger partial charge in [0, 0.05) is 49.3 Å². The molecule has 4 heteroatoms. The SMILES string of the molecule is CN(C)c1ccc(NCCNc2ccc(Cl)cc2)cc1. The number of anilines is 3. The molecule has 2 aromatic rings. The van der Waals surface area contributed by atoms with Crippen LogP contribution in [0, 0.1) is 0 Å². The molecule has 0 heterocycles. The number of hydrogen-bond acceptors (Lipinski definition) is 3. The van der Waals surface area contributed by atoms with E-state index < -0.39 is 0 Å². The number of benzene rings is 2. The van der Waals surface area contributed by atoms with E-state index in [-0.39, 0.29) is 0 Å². The fourth-order valence-electron chi connectivity index (χ4n) is 1.86. The third kappa shape index (κ3) is 4.35. The van der Waals surface area contributed by atoms with Gasteiger partial charge in [0.15, 0.2) is 0 Å². The highest BCUT2D eigenvalue weighted by molar-refractivity contribution is 6.30. The highest BCUT2D eigenvalue weighted by atomic mass is 35.5. The zero-order chi connectivity index (χ0) is 14.4. The summed E-state index contributed by atoms with van der Waals surface area (Å²) in [6.07, 6.45) is 0. The maximum Gasteiger partial charge on any atom is 0.0407 e. The highest BCUT2D eigenvalue weighted by Gasteiger charge is 1.96. The van der Waals surface area contributed by atoms with Crippen LogP contribution in [0.2, 0.25) is 5.02 Å². The normalized spacial score (nSPS) is 10.2. The molecule has 0 atom stereocenters. The van der Waals surface area contributed by atoms with E-state index in [2.05, 4.69) is 39.8 Å². The van der Waals surface area contributed by atoms with Crippen molar-refractivity contribution in [3.8, 4) is 0 Å². The molecule has 0 fully saturated rings. The van der Waals surface area contributed by atoms with Gasteiger partial charge in [-0.05, 0) is 48.5 Å². The smallest absolute Gasteiger partial charge is 0.0407 e. The molecule has 3 nitrogen and oxygen atoms in total. The van der Waals surface area contributed by atoms with Crippen molar-refractivity contribution in [2.24, 2.45) is 0 Å². The van der Waals surface area contributed by atoms with Crippen molar-refractivity contribution < 1.29 is 0 Å². The molecule has 0 aliphatic carbocycles. The molecule has 2 aromatic carbocycles. The first-order valence-electron chi connectivity index (χ1n) is 6.66. The van der Waals surface area contributed by atoms with Crippen molar-refractivity contribution in [2.75, 3.05) is 42.7 Å². The third-order valence-electron chi connectivity index (χ3n) is 3.01. The molecule has 0 unspecified atom stereocenters. The van der Waals surface area contributed by atoms with Crippen LogP contribution in [0.15, 0.2) is 48.5 Å². The van der Waals surface area contributed by atoms with Gasteiger partial charge in [-0.3, -0.25) is 0 Å². The van der Waals surface area contributed by atoms with Gasteiger partial charge in [-0.25, -0.2) is 0 Å². The first-order valence-corrected chi connectivity index (χ1v) is 7.03. The average Bonchev–Trinajstić information content (AvgIpc) is 2.46. The maximum absolute atomic E-state index is 5.84. The van der Waals surface area contributed by atoms with Crippen LogP contribution in [0.4, 0.5) is 17.1 Å². The minimum absolute atomic E-state index is 0.759. The lowest BCUT2D eigenvalue weighted by atomic mass is 10.2. The van der Waals surface area contributed by atoms with Crippen molar-refractivity contribution in [3.05, 3.63) is 53.6 Å². The molecule has 0 saturated carbocycles. The minimum Gasteiger partial charge on any atom is -0.383 e. The lowest BCUT2D eigenvalue weighted by Gasteiger charge is -2.13.